The first-order valence-corrected chi connectivity index (χ1v) is 14.3. The van der Waals surface area contributed by atoms with E-state index in [4.69, 9.17) is 5.73 Å². The first-order valence-electron chi connectivity index (χ1n) is 14.3. The molecule has 2 fully saturated rings. The van der Waals surface area contributed by atoms with Gasteiger partial charge < -0.3 is 31.1 Å². The molecule has 2 atom stereocenters. The number of carbonyl (C=O) groups is 1. The van der Waals surface area contributed by atoms with Crippen molar-refractivity contribution in [1.82, 2.24) is 20.0 Å². The van der Waals surface area contributed by atoms with Crippen LogP contribution in [0, 0.1) is 5.41 Å². The molecule has 1 aromatic heterocycles. The Morgan fingerprint density at radius 3 is 2.71 bits per heavy atom. The van der Waals surface area contributed by atoms with E-state index in [1.807, 2.05) is 32.3 Å². The SMILES string of the molecule is CCN1CCC2(CCN(c3cccc(NC(=O)c4cn(C5N=CC=C(c6ccc(N(C)C)cc6)N5)nc4N)c3)C2)C1. The van der Waals surface area contributed by atoms with Crippen LogP contribution in [-0.4, -0.2) is 73.6 Å². The van der Waals surface area contributed by atoms with Gasteiger partial charge >= 0.3 is 0 Å². The first kappa shape index (κ1) is 26.9. The van der Waals surface area contributed by atoms with Crippen molar-refractivity contribution in [2.45, 2.75) is 26.1 Å². The maximum atomic E-state index is 13.3. The molecule has 0 radical (unpaired) electrons. The van der Waals surface area contributed by atoms with E-state index in [1.54, 1.807) is 17.1 Å². The fourth-order valence-corrected chi connectivity index (χ4v) is 6.15. The van der Waals surface area contributed by atoms with E-state index in [0.29, 0.717) is 11.0 Å². The average molecular weight is 554 g/mol. The third-order valence-electron chi connectivity index (χ3n) is 8.58. The van der Waals surface area contributed by atoms with E-state index < -0.39 is 6.29 Å². The van der Waals surface area contributed by atoms with Gasteiger partial charge in [-0.05, 0) is 67.9 Å². The number of likely N-dealkylation sites (tertiary alicyclic amines) is 1. The Bertz CT molecular complexity index is 1470. The zero-order chi connectivity index (χ0) is 28.6. The predicted octanol–water partition coefficient (Wildman–Crippen LogP) is 3.88. The second-order valence-corrected chi connectivity index (χ2v) is 11.5. The summed E-state index contributed by atoms with van der Waals surface area (Å²) in [7, 11) is 4.03. The summed E-state index contributed by atoms with van der Waals surface area (Å²) in [5.41, 5.74) is 11.8. The van der Waals surface area contributed by atoms with E-state index in [2.05, 4.69) is 78.7 Å². The molecule has 10 nitrogen and oxygen atoms in total. The lowest BCUT2D eigenvalue weighted by Crippen LogP contribution is -2.30. The highest BCUT2D eigenvalue weighted by Gasteiger charge is 2.43. The van der Waals surface area contributed by atoms with Crippen molar-refractivity contribution in [3.63, 3.8) is 0 Å². The maximum Gasteiger partial charge on any atom is 0.261 e. The molecule has 3 aliphatic rings. The molecule has 214 valence electrons. The number of nitrogens with zero attached hydrogens (tertiary/aromatic N) is 6. The molecule has 10 heteroatoms. The van der Waals surface area contributed by atoms with Gasteiger partial charge in [0.15, 0.2) is 5.82 Å². The van der Waals surface area contributed by atoms with Crippen molar-refractivity contribution in [2.75, 3.05) is 67.7 Å². The minimum absolute atomic E-state index is 0.158. The predicted molar refractivity (Wildman–Crippen MR) is 166 cm³/mol. The van der Waals surface area contributed by atoms with Crippen molar-refractivity contribution >= 4 is 40.7 Å². The fraction of sp³-hybridized carbons (Fsp3) is 0.387. The maximum absolute atomic E-state index is 13.3. The quantitative estimate of drug-likeness (QED) is 0.408. The minimum Gasteiger partial charge on any atom is -0.382 e. The summed E-state index contributed by atoms with van der Waals surface area (Å²) in [4.78, 5) is 24.8. The number of nitrogens with one attached hydrogen (secondary N) is 2. The number of benzene rings is 2. The Labute approximate surface area is 241 Å². The molecule has 4 heterocycles. The van der Waals surface area contributed by atoms with E-state index in [-0.39, 0.29) is 11.7 Å². The molecule has 0 bridgehead atoms. The number of hydrogen-bond acceptors (Lipinski definition) is 8. The number of aliphatic imine (C=N–C) groups is 1. The van der Waals surface area contributed by atoms with Crippen LogP contribution in [0.15, 0.2) is 65.8 Å². The topological polar surface area (TPSA) is 107 Å². The van der Waals surface area contributed by atoms with Gasteiger partial charge in [-0.2, -0.15) is 5.10 Å². The molecule has 3 aliphatic heterocycles. The largest absolute Gasteiger partial charge is 0.382 e. The van der Waals surface area contributed by atoms with Gasteiger partial charge in [-0.25, -0.2) is 9.67 Å². The third-order valence-corrected chi connectivity index (χ3v) is 8.58. The molecule has 1 spiro atoms. The molecule has 6 rings (SSSR count). The van der Waals surface area contributed by atoms with Gasteiger partial charge in [0.25, 0.3) is 5.91 Å². The molecule has 41 heavy (non-hydrogen) atoms. The molecule has 3 aromatic rings. The lowest BCUT2D eigenvalue weighted by atomic mass is 9.86. The number of nitrogens with two attached hydrogens (primary N) is 1. The highest BCUT2D eigenvalue weighted by Crippen LogP contribution is 2.41. The van der Waals surface area contributed by atoms with Crippen LogP contribution >= 0.6 is 0 Å². The van der Waals surface area contributed by atoms with Crippen LogP contribution < -0.4 is 26.2 Å². The highest BCUT2D eigenvalue weighted by molar-refractivity contribution is 6.07. The number of amides is 1. The van der Waals surface area contributed by atoms with Crippen molar-refractivity contribution in [3.05, 3.63) is 71.9 Å². The van der Waals surface area contributed by atoms with Crippen molar-refractivity contribution in [2.24, 2.45) is 10.4 Å². The van der Waals surface area contributed by atoms with Gasteiger partial charge in [0.05, 0.1) is 0 Å². The van der Waals surface area contributed by atoms with Crippen LogP contribution in [0.1, 0.15) is 42.0 Å². The van der Waals surface area contributed by atoms with Gasteiger partial charge in [-0.15, -0.1) is 0 Å². The number of aromatic nitrogens is 2. The number of hydrogen-bond donors (Lipinski definition) is 3. The second kappa shape index (κ2) is 10.9. The number of carbonyl (C=O) groups excluding carboxylic acids is 1. The minimum atomic E-state index is -0.516. The van der Waals surface area contributed by atoms with Gasteiger partial charge in [0.2, 0.25) is 6.29 Å². The summed E-state index contributed by atoms with van der Waals surface area (Å²) >= 11 is 0. The zero-order valence-electron chi connectivity index (χ0n) is 24.0. The molecule has 1 amide bonds. The standard InChI is InChI=1S/C31H39N9O/c1-4-38-16-13-31(20-38)14-17-39(21-31)25-7-5-6-23(18-25)34-29(41)26-19-40(36-28(26)32)30-33-15-12-27(35-30)22-8-10-24(11-9-22)37(2)3/h5-12,15,18-19,30,35H,4,13-14,16-17,20-21H2,1-3H3,(H2,32,36)(H,34,41). The summed E-state index contributed by atoms with van der Waals surface area (Å²) in [5, 5.41) is 10.8. The zero-order valence-corrected chi connectivity index (χ0v) is 24.0. The smallest absolute Gasteiger partial charge is 0.261 e. The van der Waals surface area contributed by atoms with E-state index >= 15 is 0 Å². The van der Waals surface area contributed by atoms with E-state index in [0.717, 1.165) is 48.0 Å². The monoisotopic (exact) mass is 553 g/mol. The number of allylic oxidation sites excluding steroid dienone is 1. The van der Waals surface area contributed by atoms with Crippen LogP contribution in [0.5, 0.6) is 0 Å². The van der Waals surface area contributed by atoms with Crippen molar-refractivity contribution in [3.8, 4) is 0 Å². The summed E-state index contributed by atoms with van der Waals surface area (Å²) in [6, 6.07) is 16.3. The van der Waals surface area contributed by atoms with Gasteiger partial charge in [0, 0.05) is 74.3 Å². The van der Waals surface area contributed by atoms with Crippen LogP contribution in [0.3, 0.4) is 0 Å². The van der Waals surface area contributed by atoms with Gasteiger partial charge in [-0.1, -0.05) is 25.1 Å². The average Bonchev–Trinajstić information content (AvgIpc) is 3.72. The number of anilines is 4. The molecule has 0 saturated carbocycles. The van der Waals surface area contributed by atoms with E-state index in [9.17, 15) is 4.79 Å². The number of rotatable bonds is 7. The Balaban J connectivity index is 1.11. The summed E-state index contributed by atoms with van der Waals surface area (Å²) < 4.78 is 1.59. The van der Waals surface area contributed by atoms with Crippen molar-refractivity contribution < 1.29 is 4.79 Å². The summed E-state index contributed by atoms with van der Waals surface area (Å²) in [5.74, 6) is -0.140. The third kappa shape index (κ3) is 5.52. The Morgan fingerprint density at radius 2 is 1.95 bits per heavy atom. The van der Waals surface area contributed by atoms with Gasteiger partial charge in [0.1, 0.15) is 5.56 Å². The Hall–Kier alpha value is -4.31. The molecule has 2 unspecified atom stereocenters. The molecule has 2 aromatic carbocycles. The van der Waals surface area contributed by atoms with E-state index in [1.165, 1.54) is 25.9 Å². The Morgan fingerprint density at radius 1 is 1.15 bits per heavy atom. The molecule has 4 N–H and O–H groups in total. The normalized spacial score (nSPS) is 22.2. The highest BCUT2D eigenvalue weighted by atomic mass is 16.1. The van der Waals surface area contributed by atoms with Crippen LogP contribution in [-0.2, 0) is 0 Å². The Kier molecular flexibility index (Phi) is 7.17. The molecular weight excluding hydrogens is 514 g/mol. The summed E-state index contributed by atoms with van der Waals surface area (Å²) in [6.45, 7) is 7.84. The number of nitrogen functional groups attached to an aromatic ring is 1. The fourth-order valence-electron chi connectivity index (χ4n) is 6.15. The summed E-state index contributed by atoms with van der Waals surface area (Å²) in [6.07, 6.45) is 7.27. The van der Waals surface area contributed by atoms with Crippen molar-refractivity contribution in [1.29, 1.82) is 0 Å². The molecule has 0 aliphatic carbocycles. The van der Waals surface area contributed by atoms with Crippen LogP contribution in [0.4, 0.5) is 22.9 Å². The van der Waals surface area contributed by atoms with Crippen LogP contribution in [0.25, 0.3) is 5.70 Å². The molecular formula is C31H39N9O. The molecule has 2 saturated heterocycles. The van der Waals surface area contributed by atoms with Gasteiger partial charge in [-0.3, -0.25) is 4.79 Å². The first-order chi connectivity index (χ1) is 19.8. The lowest BCUT2D eigenvalue weighted by Gasteiger charge is -2.25. The second-order valence-electron chi connectivity index (χ2n) is 11.5. The van der Waals surface area contributed by atoms with Crippen LogP contribution in [0.2, 0.25) is 0 Å². The lowest BCUT2D eigenvalue weighted by molar-refractivity contribution is 0.102.